The molecule has 0 spiro atoms. The predicted molar refractivity (Wildman–Crippen MR) is 110 cm³/mol. The number of carbonyl (C=O) groups excluding carboxylic acids is 1. The molecule has 156 valence electrons. The van der Waals surface area contributed by atoms with Gasteiger partial charge in [0.05, 0.1) is 6.10 Å². The number of aromatic nitrogens is 2. The summed E-state index contributed by atoms with van der Waals surface area (Å²) in [5.41, 5.74) is 1.02. The maximum atomic E-state index is 12.0. The van der Waals surface area contributed by atoms with E-state index in [2.05, 4.69) is 21.9 Å². The quantitative estimate of drug-likeness (QED) is 0.692. The maximum Gasteiger partial charge on any atom is 0.410 e. The molecule has 0 aromatic carbocycles. The summed E-state index contributed by atoms with van der Waals surface area (Å²) in [6, 6.07) is 0. The van der Waals surface area contributed by atoms with Gasteiger partial charge in [-0.1, -0.05) is 0 Å². The fourth-order valence-electron chi connectivity index (χ4n) is 3.51. The Kier molecular flexibility index (Phi) is 7.40. The summed E-state index contributed by atoms with van der Waals surface area (Å²) in [6.45, 7) is 9.36. The Morgan fingerprint density at radius 1 is 1.14 bits per heavy atom. The van der Waals surface area contributed by atoms with Crippen molar-refractivity contribution in [2.24, 2.45) is 0 Å². The second-order valence-corrected chi connectivity index (χ2v) is 9.26. The number of nitrogens with zero attached hydrogens (tertiary/aromatic N) is 4. The van der Waals surface area contributed by atoms with E-state index in [-0.39, 0.29) is 18.3 Å². The Morgan fingerprint density at radius 3 is 2.46 bits per heavy atom. The van der Waals surface area contributed by atoms with Crippen LogP contribution in [-0.2, 0) is 4.74 Å². The normalized spacial score (nSPS) is 19.8. The summed E-state index contributed by atoms with van der Waals surface area (Å²) in [7, 11) is 2.18. The average molecular weight is 409 g/mol. The molecule has 0 radical (unpaired) electrons. The van der Waals surface area contributed by atoms with Gasteiger partial charge >= 0.3 is 6.09 Å². The molecule has 2 fully saturated rings. The highest BCUT2D eigenvalue weighted by atomic mass is 32.2. The van der Waals surface area contributed by atoms with E-state index in [4.69, 9.17) is 9.47 Å². The third kappa shape index (κ3) is 5.73. The number of rotatable bonds is 5. The Balaban J connectivity index is 1.53. The fraction of sp³-hybridized carbons (Fsp3) is 0.750. The van der Waals surface area contributed by atoms with Crippen LogP contribution < -0.4 is 4.74 Å². The van der Waals surface area contributed by atoms with Gasteiger partial charge in [-0.05, 0) is 53.8 Å². The third-order valence-electron chi connectivity index (χ3n) is 5.25. The Bertz CT molecular complexity index is 657. The molecule has 1 aromatic heterocycles. The number of thioether (sulfide) groups is 1. The zero-order valence-electron chi connectivity index (χ0n) is 17.4. The number of hydrogen-bond acceptors (Lipinski definition) is 7. The first-order valence-corrected chi connectivity index (χ1v) is 11.1. The minimum absolute atomic E-state index is 0.0675. The van der Waals surface area contributed by atoms with Crippen molar-refractivity contribution >= 4 is 17.9 Å². The molecule has 0 atom stereocenters. The maximum absolute atomic E-state index is 12.0. The highest BCUT2D eigenvalue weighted by Crippen LogP contribution is 2.33. The van der Waals surface area contributed by atoms with E-state index < -0.39 is 0 Å². The van der Waals surface area contributed by atoms with E-state index in [0.29, 0.717) is 24.2 Å². The minimum atomic E-state index is -0.233. The van der Waals surface area contributed by atoms with Crippen molar-refractivity contribution in [1.82, 2.24) is 19.8 Å². The molecule has 0 bridgehead atoms. The number of likely N-dealkylation sites (tertiary alicyclic amines) is 2. The Morgan fingerprint density at radius 2 is 1.82 bits per heavy atom. The van der Waals surface area contributed by atoms with Gasteiger partial charge in [-0.15, -0.1) is 11.8 Å². The van der Waals surface area contributed by atoms with Gasteiger partial charge in [0.2, 0.25) is 5.88 Å². The molecule has 1 amide bonds. The molecule has 2 aliphatic rings. The fourth-order valence-corrected chi connectivity index (χ4v) is 4.64. The molecule has 1 aromatic rings. The van der Waals surface area contributed by atoms with Crippen molar-refractivity contribution < 1.29 is 14.3 Å². The monoisotopic (exact) mass is 408 g/mol. The highest BCUT2D eigenvalue weighted by molar-refractivity contribution is 7.99. The van der Waals surface area contributed by atoms with Gasteiger partial charge in [0.15, 0.2) is 0 Å². The van der Waals surface area contributed by atoms with Crippen LogP contribution in [-0.4, -0.2) is 76.5 Å². The van der Waals surface area contributed by atoms with Crippen molar-refractivity contribution in [2.45, 2.75) is 68.9 Å². The van der Waals surface area contributed by atoms with E-state index in [1.807, 2.05) is 32.5 Å². The molecule has 3 rings (SSSR count). The standard InChI is InChI=1S/C20H32N4O3S/c1-14(2)26-20(25)24-11-5-16(6-12-24)27-18-15(3)19(22-13-21-18)28-17-7-9-23(4)10-8-17/h13-14,16-17H,5-12H2,1-4H3. The van der Waals surface area contributed by atoms with Gasteiger partial charge in [-0.3, -0.25) is 0 Å². The van der Waals surface area contributed by atoms with E-state index in [1.54, 1.807) is 11.2 Å². The number of carbonyl (C=O) groups is 1. The number of hydrogen-bond donors (Lipinski definition) is 0. The van der Waals surface area contributed by atoms with Crippen molar-refractivity contribution in [3.63, 3.8) is 0 Å². The molecular weight excluding hydrogens is 376 g/mol. The van der Waals surface area contributed by atoms with Crippen molar-refractivity contribution in [1.29, 1.82) is 0 Å². The summed E-state index contributed by atoms with van der Waals surface area (Å²) >= 11 is 1.85. The topological polar surface area (TPSA) is 67.8 Å². The van der Waals surface area contributed by atoms with Gasteiger partial charge in [0.1, 0.15) is 17.5 Å². The van der Waals surface area contributed by atoms with Crippen LogP contribution in [0, 0.1) is 6.92 Å². The number of amides is 1. The molecule has 8 heteroatoms. The first-order chi connectivity index (χ1) is 13.4. The second-order valence-electron chi connectivity index (χ2n) is 7.97. The van der Waals surface area contributed by atoms with E-state index in [9.17, 15) is 4.79 Å². The largest absolute Gasteiger partial charge is 0.474 e. The molecule has 0 saturated carbocycles. The lowest BCUT2D eigenvalue weighted by Crippen LogP contribution is -2.42. The van der Waals surface area contributed by atoms with Crippen LogP contribution in [0.15, 0.2) is 11.4 Å². The summed E-state index contributed by atoms with van der Waals surface area (Å²) in [5, 5.41) is 1.63. The van der Waals surface area contributed by atoms with Crippen molar-refractivity contribution in [3.8, 4) is 5.88 Å². The summed E-state index contributed by atoms with van der Waals surface area (Å²) in [5.74, 6) is 0.675. The first-order valence-electron chi connectivity index (χ1n) is 10.2. The lowest BCUT2D eigenvalue weighted by atomic mass is 10.1. The van der Waals surface area contributed by atoms with Gasteiger partial charge in [-0.25, -0.2) is 14.8 Å². The van der Waals surface area contributed by atoms with Gasteiger partial charge < -0.3 is 19.3 Å². The zero-order chi connectivity index (χ0) is 20.1. The van der Waals surface area contributed by atoms with Crippen LogP contribution in [0.1, 0.15) is 45.1 Å². The van der Waals surface area contributed by atoms with Crippen molar-refractivity contribution in [3.05, 3.63) is 11.9 Å². The van der Waals surface area contributed by atoms with Crippen LogP contribution in [0.5, 0.6) is 5.88 Å². The molecule has 0 N–H and O–H groups in total. The molecule has 28 heavy (non-hydrogen) atoms. The van der Waals surface area contributed by atoms with E-state index >= 15 is 0 Å². The van der Waals surface area contributed by atoms with Gasteiger partial charge in [-0.2, -0.15) is 0 Å². The lowest BCUT2D eigenvalue weighted by Gasteiger charge is -2.32. The van der Waals surface area contributed by atoms with Crippen LogP contribution >= 0.6 is 11.8 Å². The number of piperidine rings is 2. The minimum Gasteiger partial charge on any atom is -0.474 e. The molecule has 2 aliphatic heterocycles. The van der Waals surface area contributed by atoms with E-state index in [0.717, 1.165) is 36.5 Å². The van der Waals surface area contributed by atoms with Gasteiger partial charge in [0, 0.05) is 36.7 Å². The van der Waals surface area contributed by atoms with Crippen LogP contribution in [0.4, 0.5) is 4.79 Å². The molecule has 2 saturated heterocycles. The summed E-state index contributed by atoms with van der Waals surface area (Å²) in [4.78, 5) is 25.0. The predicted octanol–water partition coefficient (Wildman–Crippen LogP) is 3.36. The molecule has 3 heterocycles. The van der Waals surface area contributed by atoms with Crippen LogP contribution in [0.3, 0.4) is 0 Å². The molecule has 0 aliphatic carbocycles. The second kappa shape index (κ2) is 9.78. The average Bonchev–Trinajstić information content (AvgIpc) is 2.67. The Hall–Kier alpha value is -1.54. The zero-order valence-corrected chi connectivity index (χ0v) is 18.2. The van der Waals surface area contributed by atoms with Crippen molar-refractivity contribution in [2.75, 3.05) is 33.2 Å². The molecular formula is C20H32N4O3S. The molecule has 0 unspecified atom stereocenters. The van der Waals surface area contributed by atoms with Crippen LogP contribution in [0.2, 0.25) is 0 Å². The van der Waals surface area contributed by atoms with Gasteiger partial charge in [0.25, 0.3) is 0 Å². The third-order valence-corrected chi connectivity index (χ3v) is 6.69. The molecule has 7 nitrogen and oxygen atoms in total. The smallest absolute Gasteiger partial charge is 0.410 e. The highest BCUT2D eigenvalue weighted by Gasteiger charge is 2.27. The summed E-state index contributed by atoms with van der Waals surface area (Å²) in [6.07, 6.45) is 5.29. The van der Waals surface area contributed by atoms with E-state index in [1.165, 1.54) is 12.8 Å². The number of ether oxygens (including phenoxy) is 2. The Labute approximate surface area is 172 Å². The SMILES string of the molecule is Cc1c(OC2CCN(C(=O)OC(C)C)CC2)ncnc1SC1CCN(C)CC1. The first kappa shape index (κ1) is 21.2. The lowest BCUT2D eigenvalue weighted by molar-refractivity contribution is 0.0504. The van der Waals surface area contributed by atoms with Crippen LogP contribution in [0.25, 0.3) is 0 Å². The summed E-state index contributed by atoms with van der Waals surface area (Å²) < 4.78 is 11.5.